The van der Waals surface area contributed by atoms with Gasteiger partial charge in [0.2, 0.25) is 0 Å². The van der Waals surface area contributed by atoms with Crippen LogP contribution in [0.15, 0.2) is 48.5 Å². The van der Waals surface area contributed by atoms with Gasteiger partial charge in [-0.15, -0.1) is 0 Å². The zero-order valence-corrected chi connectivity index (χ0v) is 15.7. The lowest BCUT2D eigenvalue weighted by Gasteiger charge is -2.22. The largest absolute Gasteiger partial charge is 0.497 e. The molecule has 4 nitrogen and oxygen atoms in total. The van der Waals surface area contributed by atoms with Crippen molar-refractivity contribution in [2.45, 2.75) is 31.7 Å². The van der Waals surface area contributed by atoms with Crippen molar-refractivity contribution in [3.8, 4) is 5.75 Å². The van der Waals surface area contributed by atoms with Crippen LogP contribution in [0.5, 0.6) is 5.75 Å². The molecule has 0 bridgehead atoms. The minimum Gasteiger partial charge on any atom is -0.497 e. The van der Waals surface area contributed by atoms with Crippen LogP contribution >= 0.6 is 11.8 Å². The highest BCUT2D eigenvalue weighted by molar-refractivity contribution is 7.98. The maximum Gasteiger partial charge on any atom is 0.320 e. The second-order valence-electron chi connectivity index (χ2n) is 6.05. The van der Waals surface area contributed by atoms with Gasteiger partial charge in [-0.25, -0.2) is 0 Å². The summed E-state index contributed by atoms with van der Waals surface area (Å²) in [5.41, 5.74) is 3.59. The second-order valence-corrected chi connectivity index (χ2v) is 7.08. The summed E-state index contributed by atoms with van der Waals surface area (Å²) in [7, 11) is 1.63. The summed E-state index contributed by atoms with van der Waals surface area (Å²) in [6, 6.07) is 15.6. The molecule has 0 radical (unpaired) electrons. The fourth-order valence-corrected chi connectivity index (χ4v) is 3.50. The van der Waals surface area contributed by atoms with E-state index in [0.29, 0.717) is 0 Å². The SMILES string of the molecule is COc1ccc([C@H](CSCc2ccc(C)cc2)N[C@@H](C)C(=O)O)cc1. The third-order valence-corrected chi connectivity index (χ3v) is 5.12. The summed E-state index contributed by atoms with van der Waals surface area (Å²) in [6.45, 7) is 3.75. The van der Waals surface area contributed by atoms with E-state index in [0.717, 1.165) is 22.8 Å². The van der Waals surface area contributed by atoms with Crippen molar-refractivity contribution in [3.05, 3.63) is 65.2 Å². The van der Waals surface area contributed by atoms with Crippen LogP contribution in [0.3, 0.4) is 0 Å². The molecule has 0 spiro atoms. The Labute approximate surface area is 153 Å². The first-order valence-electron chi connectivity index (χ1n) is 8.25. The predicted molar refractivity (Wildman–Crippen MR) is 103 cm³/mol. The van der Waals surface area contributed by atoms with Crippen molar-refractivity contribution in [1.29, 1.82) is 0 Å². The van der Waals surface area contributed by atoms with E-state index in [4.69, 9.17) is 4.74 Å². The van der Waals surface area contributed by atoms with Gasteiger partial charge >= 0.3 is 5.97 Å². The maximum atomic E-state index is 11.2. The number of thioether (sulfide) groups is 1. The Morgan fingerprint density at radius 2 is 1.80 bits per heavy atom. The first kappa shape index (κ1) is 19.3. The van der Waals surface area contributed by atoms with Gasteiger partial charge < -0.3 is 9.84 Å². The number of carbonyl (C=O) groups is 1. The Morgan fingerprint density at radius 3 is 2.36 bits per heavy atom. The Balaban J connectivity index is 2.02. The molecule has 0 aliphatic heterocycles. The zero-order valence-electron chi connectivity index (χ0n) is 14.9. The van der Waals surface area contributed by atoms with Gasteiger partial charge in [-0.1, -0.05) is 42.0 Å². The number of carboxylic acids is 1. The van der Waals surface area contributed by atoms with Crippen molar-refractivity contribution < 1.29 is 14.6 Å². The molecule has 25 heavy (non-hydrogen) atoms. The molecule has 2 aromatic rings. The van der Waals surface area contributed by atoms with E-state index < -0.39 is 12.0 Å². The molecular weight excluding hydrogens is 334 g/mol. The van der Waals surface area contributed by atoms with Crippen LogP contribution < -0.4 is 10.1 Å². The van der Waals surface area contributed by atoms with Gasteiger partial charge in [0.15, 0.2) is 0 Å². The standard InChI is InChI=1S/C20H25NO3S/c1-14-4-6-16(7-5-14)12-25-13-19(21-15(2)20(22)23)17-8-10-18(24-3)11-9-17/h4-11,15,19,21H,12-13H2,1-3H3,(H,22,23)/t15-,19-/m0/s1. The molecule has 0 aromatic heterocycles. The third kappa shape index (κ3) is 6.11. The van der Waals surface area contributed by atoms with Crippen LogP contribution in [0.1, 0.15) is 29.7 Å². The van der Waals surface area contributed by atoms with E-state index in [1.165, 1.54) is 11.1 Å². The lowest BCUT2D eigenvalue weighted by molar-refractivity contribution is -0.139. The monoisotopic (exact) mass is 359 g/mol. The molecule has 0 heterocycles. The smallest absolute Gasteiger partial charge is 0.320 e. The first-order valence-corrected chi connectivity index (χ1v) is 9.41. The van der Waals surface area contributed by atoms with Crippen molar-refractivity contribution >= 4 is 17.7 Å². The molecule has 134 valence electrons. The fraction of sp³-hybridized carbons (Fsp3) is 0.350. The van der Waals surface area contributed by atoms with E-state index in [9.17, 15) is 9.90 Å². The Morgan fingerprint density at radius 1 is 1.16 bits per heavy atom. The average molecular weight is 359 g/mol. The van der Waals surface area contributed by atoms with Crippen LogP contribution in [0.4, 0.5) is 0 Å². The van der Waals surface area contributed by atoms with Crippen molar-refractivity contribution in [2.75, 3.05) is 12.9 Å². The molecule has 0 amide bonds. The fourth-order valence-electron chi connectivity index (χ4n) is 2.43. The summed E-state index contributed by atoms with van der Waals surface area (Å²) in [4.78, 5) is 11.2. The van der Waals surface area contributed by atoms with E-state index in [1.807, 2.05) is 24.3 Å². The molecule has 0 saturated heterocycles. The number of ether oxygens (including phenoxy) is 1. The van der Waals surface area contributed by atoms with Gasteiger partial charge in [0, 0.05) is 17.5 Å². The van der Waals surface area contributed by atoms with Gasteiger partial charge in [0.25, 0.3) is 0 Å². The van der Waals surface area contributed by atoms with E-state index in [-0.39, 0.29) is 6.04 Å². The van der Waals surface area contributed by atoms with Gasteiger partial charge in [-0.3, -0.25) is 10.1 Å². The first-order chi connectivity index (χ1) is 12.0. The summed E-state index contributed by atoms with van der Waals surface area (Å²) in [5.74, 6) is 1.64. The van der Waals surface area contributed by atoms with Crippen molar-refractivity contribution in [2.24, 2.45) is 0 Å². The van der Waals surface area contributed by atoms with E-state index in [2.05, 4.69) is 36.5 Å². The molecular formula is C20H25NO3S. The number of carboxylic acid groups (broad SMARTS) is 1. The van der Waals surface area contributed by atoms with Crippen LogP contribution in [0.25, 0.3) is 0 Å². The van der Waals surface area contributed by atoms with Gasteiger partial charge in [-0.2, -0.15) is 11.8 Å². The van der Waals surface area contributed by atoms with E-state index >= 15 is 0 Å². The van der Waals surface area contributed by atoms with Gasteiger partial charge in [0.1, 0.15) is 11.8 Å². The Hall–Kier alpha value is -1.98. The number of hydrogen-bond acceptors (Lipinski definition) is 4. The highest BCUT2D eigenvalue weighted by Gasteiger charge is 2.18. The number of aliphatic carboxylic acids is 1. The van der Waals surface area contributed by atoms with Crippen LogP contribution in [0, 0.1) is 6.92 Å². The number of benzene rings is 2. The molecule has 2 N–H and O–H groups in total. The number of hydrogen-bond donors (Lipinski definition) is 2. The lowest BCUT2D eigenvalue weighted by Crippen LogP contribution is -2.37. The number of nitrogens with one attached hydrogen (secondary N) is 1. The van der Waals surface area contributed by atoms with Gasteiger partial charge in [0.05, 0.1) is 7.11 Å². The molecule has 5 heteroatoms. The second kappa shape index (κ2) is 9.49. The normalized spacial score (nSPS) is 13.2. The Bertz CT molecular complexity index is 670. The summed E-state index contributed by atoms with van der Waals surface area (Å²) in [5, 5.41) is 12.4. The molecule has 0 aliphatic carbocycles. The average Bonchev–Trinajstić information content (AvgIpc) is 2.62. The molecule has 0 aliphatic rings. The highest BCUT2D eigenvalue weighted by atomic mass is 32.2. The number of methoxy groups -OCH3 is 1. The molecule has 0 fully saturated rings. The maximum absolute atomic E-state index is 11.2. The van der Waals surface area contributed by atoms with Crippen LogP contribution in [-0.4, -0.2) is 30.0 Å². The van der Waals surface area contributed by atoms with E-state index in [1.54, 1.807) is 25.8 Å². The van der Waals surface area contributed by atoms with Crippen molar-refractivity contribution in [3.63, 3.8) is 0 Å². The number of aryl methyl sites for hydroxylation is 1. The molecule has 0 unspecified atom stereocenters. The minimum absolute atomic E-state index is 0.0348. The van der Waals surface area contributed by atoms with Crippen LogP contribution in [-0.2, 0) is 10.5 Å². The summed E-state index contributed by atoms with van der Waals surface area (Å²) >= 11 is 1.79. The molecule has 2 aromatic carbocycles. The highest BCUT2D eigenvalue weighted by Crippen LogP contribution is 2.24. The zero-order chi connectivity index (χ0) is 18.2. The topological polar surface area (TPSA) is 58.6 Å². The minimum atomic E-state index is -0.845. The van der Waals surface area contributed by atoms with Gasteiger partial charge in [-0.05, 0) is 37.1 Å². The lowest BCUT2D eigenvalue weighted by atomic mass is 10.1. The number of rotatable bonds is 9. The molecule has 0 saturated carbocycles. The quantitative estimate of drug-likeness (QED) is 0.708. The van der Waals surface area contributed by atoms with Crippen molar-refractivity contribution in [1.82, 2.24) is 5.32 Å². The van der Waals surface area contributed by atoms with Crippen LogP contribution in [0.2, 0.25) is 0 Å². The predicted octanol–water partition coefficient (Wildman–Crippen LogP) is 4.04. The summed E-state index contributed by atoms with van der Waals surface area (Å²) < 4.78 is 5.20. The summed E-state index contributed by atoms with van der Waals surface area (Å²) in [6.07, 6.45) is 0. The third-order valence-electron chi connectivity index (χ3n) is 4.01. The molecule has 2 atom stereocenters. The molecule has 2 rings (SSSR count). The Kier molecular flexibility index (Phi) is 7.34.